The predicted octanol–water partition coefficient (Wildman–Crippen LogP) is 3.25. The number of aliphatic carboxylic acids is 1. The van der Waals surface area contributed by atoms with E-state index in [2.05, 4.69) is 16.5 Å². The lowest BCUT2D eigenvalue weighted by Crippen LogP contribution is -2.42. The van der Waals surface area contributed by atoms with Gasteiger partial charge in [0.05, 0.1) is 10.9 Å². The van der Waals surface area contributed by atoms with E-state index >= 15 is 0 Å². The highest BCUT2D eigenvalue weighted by Crippen LogP contribution is 2.20. The van der Waals surface area contributed by atoms with Gasteiger partial charge in [-0.3, -0.25) is 9.69 Å². The van der Waals surface area contributed by atoms with Gasteiger partial charge in [-0.25, -0.2) is 4.98 Å². The Morgan fingerprint density at radius 3 is 2.83 bits per heavy atom. The lowest BCUT2D eigenvalue weighted by Gasteiger charge is -2.32. The quantitative estimate of drug-likeness (QED) is 0.737. The van der Waals surface area contributed by atoms with Crippen molar-refractivity contribution in [2.45, 2.75) is 31.8 Å². The summed E-state index contributed by atoms with van der Waals surface area (Å²) in [5.74, 6) is -0.338. The Hall–Kier alpha value is -1.59. The molecule has 0 aliphatic carbocycles. The molecule has 1 aliphatic heterocycles. The Bertz CT molecular complexity index is 513. The van der Waals surface area contributed by atoms with E-state index in [0.29, 0.717) is 23.7 Å². The van der Waals surface area contributed by atoms with Gasteiger partial charge >= 0.3 is 5.97 Å². The largest absolute Gasteiger partial charge is 0.481 e. The average molecular weight is 339 g/mol. The van der Waals surface area contributed by atoms with E-state index in [4.69, 9.17) is 21.4 Å². The van der Waals surface area contributed by atoms with Gasteiger partial charge in [-0.15, -0.1) is 6.58 Å². The number of ether oxygens (including phenoxy) is 1. The third kappa shape index (κ3) is 5.84. The highest BCUT2D eigenvalue weighted by atomic mass is 35.5. The van der Waals surface area contributed by atoms with Gasteiger partial charge in [-0.05, 0) is 44.8 Å². The lowest BCUT2D eigenvalue weighted by molar-refractivity contribution is -0.143. The van der Waals surface area contributed by atoms with Crippen LogP contribution in [0, 0.1) is 5.92 Å². The first kappa shape index (κ1) is 17.8. The van der Waals surface area contributed by atoms with E-state index in [-0.39, 0.29) is 12.0 Å². The monoisotopic (exact) mass is 338 g/mol. The van der Waals surface area contributed by atoms with Gasteiger partial charge in [0.1, 0.15) is 6.10 Å². The summed E-state index contributed by atoms with van der Waals surface area (Å²) in [4.78, 5) is 17.5. The van der Waals surface area contributed by atoms with Crippen LogP contribution >= 0.6 is 11.6 Å². The first-order valence-electron chi connectivity index (χ1n) is 7.92. The molecule has 126 valence electrons. The van der Waals surface area contributed by atoms with Gasteiger partial charge in [0.25, 0.3) is 0 Å². The van der Waals surface area contributed by atoms with Gasteiger partial charge in [0, 0.05) is 18.8 Å². The van der Waals surface area contributed by atoms with Gasteiger partial charge in [-0.1, -0.05) is 17.7 Å². The van der Waals surface area contributed by atoms with Crippen LogP contribution in [-0.4, -0.2) is 46.7 Å². The minimum atomic E-state index is -0.686. The fourth-order valence-electron chi connectivity index (χ4n) is 2.74. The van der Waals surface area contributed by atoms with E-state index in [9.17, 15) is 4.79 Å². The maximum absolute atomic E-state index is 11.0. The molecule has 0 bridgehead atoms. The number of aromatic nitrogens is 1. The maximum atomic E-state index is 11.0. The number of pyridine rings is 1. The lowest BCUT2D eigenvalue weighted by atomic mass is 9.97. The van der Waals surface area contributed by atoms with Crippen LogP contribution in [-0.2, 0) is 4.79 Å². The Labute approximate surface area is 141 Å². The number of halogens is 1. The van der Waals surface area contributed by atoms with Crippen molar-refractivity contribution >= 4 is 17.6 Å². The molecule has 1 fully saturated rings. The first-order valence-corrected chi connectivity index (χ1v) is 8.30. The number of likely N-dealkylation sites (tertiary alicyclic amines) is 1. The number of allylic oxidation sites excluding steroid dienone is 1. The fraction of sp³-hybridized carbons (Fsp3) is 0.529. The van der Waals surface area contributed by atoms with Crippen molar-refractivity contribution in [2.24, 2.45) is 5.92 Å². The molecule has 1 atom stereocenters. The summed E-state index contributed by atoms with van der Waals surface area (Å²) in [6, 6.07) is 3.52. The summed E-state index contributed by atoms with van der Waals surface area (Å²) < 4.78 is 5.97. The van der Waals surface area contributed by atoms with E-state index in [0.717, 1.165) is 32.5 Å². The van der Waals surface area contributed by atoms with E-state index in [1.54, 1.807) is 18.3 Å². The highest BCUT2D eigenvalue weighted by molar-refractivity contribution is 6.30. The van der Waals surface area contributed by atoms with Crippen LogP contribution in [0.4, 0.5) is 0 Å². The van der Waals surface area contributed by atoms with Gasteiger partial charge < -0.3 is 9.84 Å². The van der Waals surface area contributed by atoms with Crippen molar-refractivity contribution in [3.63, 3.8) is 0 Å². The zero-order valence-electron chi connectivity index (χ0n) is 13.2. The zero-order valence-corrected chi connectivity index (χ0v) is 13.9. The molecule has 1 aliphatic rings. The molecule has 5 nitrogen and oxygen atoms in total. The van der Waals surface area contributed by atoms with Gasteiger partial charge in [-0.2, -0.15) is 0 Å². The van der Waals surface area contributed by atoms with Gasteiger partial charge in [0.15, 0.2) is 0 Å². The van der Waals surface area contributed by atoms with Crippen LogP contribution in [0.3, 0.4) is 0 Å². The number of carbonyl (C=O) groups is 1. The number of hydrogen-bond acceptors (Lipinski definition) is 4. The number of piperidine rings is 1. The molecule has 1 aromatic heterocycles. The number of rotatable bonds is 8. The van der Waals surface area contributed by atoms with Crippen molar-refractivity contribution < 1.29 is 14.6 Å². The van der Waals surface area contributed by atoms with Crippen molar-refractivity contribution in [1.29, 1.82) is 0 Å². The number of hydrogen-bond donors (Lipinski definition) is 1. The standard InChI is InChI=1S/C17H23ClN2O3/c1-2-3-4-15(23-16-6-5-14(18)11-19-16)12-20-9-7-13(8-10-20)17(21)22/h2,5-6,11,13,15H,1,3-4,7-10,12H2,(H,21,22)/t15-/m1/s1. The topological polar surface area (TPSA) is 62.7 Å². The van der Waals surface area contributed by atoms with Crippen molar-refractivity contribution in [2.75, 3.05) is 19.6 Å². The Morgan fingerprint density at radius 1 is 1.52 bits per heavy atom. The second-order valence-electron chi connectivity index (χ2n) is 5.83. The summed E-state index contributed by atoms with van der Waals surface area (Å²) >= 11 is 5.84. The molecule has 1 saturated heterocycles. The minimum Gasteiger partial charge on any atom is -0.481 e. The normalized spacial score (nSPS) is 17.6. The summed E-state index contributed by atoms with van der Waals surface area (Å²) in [5.41, 5.74) is 0. The molecule has 0 radical (unpaired) electrons. The van der Waals surface area contributed by atoms with Crippen LogP contribution in [0.1, 0.15) is 25.7 Å². The van der Waals surface area contributed by atoms with Crippen LogP contribution in [0.5, 0.6) is 5.88 Å². The SMILES string of the molecule is C=CCC[C@H](CN1CCC(C(=O)O)CC1)Oc1ccc(Cl)cn1. The molecule has 2 rings (SSSR count). The Kier molecular flexibility index (Phi) is 6.86. The van der Waals surface area contributed by atoms with Crippen LogP contribution in [0.25, 0.3) is 0 Å². The molecular formula is C17H23ClN2O3. The predicted molar refractivity (Wildman–Crippen MR) is 89.9 cm³/mol. The van der Waals surface area contributed by atoms with Crippen molar-refractivity contribution in [1.82, 2.24) is 9.88 Å². The fourth-order valence-corrected chi connectivity index (χ4v) is 2.86. The third-order valence-electron chi connectivity index (χ3n) is 4.08. The molecule has 0 aromatic carbocycles. The first-order chi connectivity index (χ1) is 11.1. The van der Waals surface area contributed by atoms with E-state index in [1.807, 2.05) is 6.08 Å². The Balaban J connectivity index is 1.89. The second kappa shape index (κ2) is 8.89. The number of carboxylic acid groups (broad SMARTS) is 1. The molecule has 0 saturated carbocycles. The molecule has 1 aromatic rings. The van der Waals surface area contributed by atoms with Gasteiger partial charge in [0.2, 0.25) is 5.88 Å². The molecule has 0 amide bonds. The number of carboxylic acids is 1. The molecule has 0 spiro atoms. The highest BCUT2D eigenvalue weighted by Gasteiger charge is 2.26. The molecule has 6 heteroatoms. The molecule has 2 heterocycles. The van der Waals surface area contributed by atoms with Crippen molar-refractivity contribution in [3.8, 4) is 5.88 Å². The summed E-state index contributed by atoms with van der Waals surface area (Å²) in [5, 5.41) is 9.65. The van der Waals surface area contributed by atoms with Crippen LogP contribution < -0.4 is 4.74 Å². The summed E-state index contributed by atoms with van der Waals surface area (Å²) in [6.45, 7) is 6.11. The van der Waals surface area contributed by atoms with E-state index in [1.165, 1.54) is 0 Å². The summed E-state index contributed by atoms with van der Waals surface area (Å²) in [7, 11) is 0. The maximum Gasteiger partial charge on any atom is 0.306 e. The average Bonchev–Trinajstić information content (AvgIpc) is 2.55. The van der Waals surface area contributed by atoms with Crippen LogP contribution in [0.2, 0.25) is 5.02 Å². The number of nitrogens with zero attached hydrogens (tertiary/aromatic N) is 2. The molecule has 23 heavy (non-hydrogen) atoms. The minimum absolute atomic E-state index is 0.00283. The third-order valence-corrected chi connectivity index (χ3v) is 4.30. The molecular weight excluding hydrogens is 316 g/mol. The second-order valence-corrected chi connectivity index (χ2v) is 6.27. The van der Waals surface area contributed by atoms with Crippen molar-refractivity contribution in [3.05, 3.63) is 36.0 Å². The van der Waals surface area contributed by atoms with E-state index < -0.39 is 5.97 Å². The zero-order chi connectivity index (χ0) is 16.7. The Morgan fingerprint density at radius 2 is 2.26 bits per heavy atom. The van der Waals surface area contributed by atoms with Crippen LogP contribution in [0.15, 0.2) is 31.0 Å². The smallest absolute Gasteiger partial charge is 0.306 e. The molecule has 0 unspecified atom stereocenters. The summed E-state index contributed by atoms with van der Waals surface area (Å²) in [6.07, 6.45) is 6.56. The molecule has 1 N–H and O–H groups in total.